The van der Waals surface area contributed by atoms with E-state index in [0.717, 1.165) is 69.0 Å². The molecule has 0 radical (unpaired) electrons. The lowest BCUT2D eigenvalue weighted by atomic mass is 9.81. The summed E-state index contributed by atoms with van der Waals surface area (Å²) in [5, 5.41) is 1.02. The molecule has 56 heavy (non-hydrogen) atoms. The van der Waals surface area contributed by atoms with E-state index < -0.39 is 27.6 Å². The van der Waals surface area contributed by atoms with Crippen molar-refractivity contribution in [3.8, 4) is 17.0 Å². The third-order valence-corrected chi connectivity index (χ3v) is 13.9. The summed E-state index contributed by atoms with van der Waals surface area (Å²) in [7, 11) is 0.381. The molecule has 8 rings (SSSR count). The van der Waals surface area contributed by atoms with Gasteiger partial charge < -0.3 is 23.8 Å². The summed E-state index contributed by atoms with van der Waals surface area (Å²) in [6, 6.07) is 20.7. The van der Waals surface area contributed by atoms with E-state index in [2.05, 4.69) is 21.4 Å². The Bertz CT molecular complexity index is 2290. The number of rotatable bonds is 8. The van der Waals surface area contributed by atoms with E-state index in [1.807, 2.05) is 61.2 Å². The normalized spacial score (nSPS) is 23.5. The quantitative estimate of drug-likeness (QED) is 0.212. The molecule has 3 amide bonds. The van der Waals surface area contributed by atoms with E-state index in [0.29, 0.717) is 32.0 Å². The van der Waals surface area contributed by atoms with Crippen LogP contribution in [0.2, 0.25) is 0 Å². The third-order valence-electron chi connectivity index (χ3n) is 12.5. The maximum Gasteiger partial charge on any atom is 0.410 e. The molecule has 4 aliphatic rings. The number of benzene rings is 3. The summed E-state index contributed by atoms with van der Waals surface area (Å²) in [6.45, 7) is 5.28. The van der Waals surface area contributed by atoms with Crippen molar-refractivity contribution in [2.24, 2.45) is 5.41 Å². The van der Waals surface area contributed by atoms with Crippen LogP contribution in [-0.2, 0) is 32.9 Å². The zero-order valence-electron chi connectivity index (χ0n) is 32.8. The van der Waals surface area contributed by atoms with Crippen molar-refractivity contribution in [1.82, 2.24) is 23.4 Å². The Morgan fingerprint density at radius 2 is 1.64 bits per heavy atom. The second-order valence-corrected chi connectivity index (χ2v) is 18.2. The molecule has 12 nitrogen and oxygen atoms in total. The van der Waals surface area contributed by atoms with Crippen LogP contribution in [0.3, 0.4) is 0 Å². The number of carbonyl (C=O) groups excluding carboxylic acids is 3. The van der Waals surface area contributed by atoms with Crippen molar-refractivity contribution in [1.29, 1.82) is 0 Å². The number of carbonyl (C=O) groups is 3. The van der Waals surface area contributed by atoms with Gasteiger partial charge in [-0.2, -0.15) is 12.7 Å². The molecule has 1 N–H and O–H groups in total. The van der Waals surface area contributed by atoms with E-state index >= 15 is 4.79 Å². The summed E-state index contributed by atoms with van der Waals surface area (Å²) < 4.78 is 42.2. The van der Waals surface area contributed by atoms with Crippen LogP contribution < -0.4 is 9.46 Å². The molecule has 1 saturated heterocycles. The van der Waals surface area contributed by atoms with Gasteiger partial charge in [-0.1, -0.05) is 55.7 Å². The van der Waals surface area contributed by atoms with Gasteiger partial charge in [-0.05, 0) is 86.1 Å². The lowest BCUT2D eigenvalue weighted by molar-refractivity contribution is -0.145. The van der Waals surface area contributed by atoms with Crippen LogP contribution >= 0.6 is 0 Å². The predicted octanol–water partition coefficient (Wildman–Crippen LogP) is 6.65. The first-order chi connectivity index (χ1) is 26.8. The van der Waals surface area contributed by atoms with Crippen molar-refractivity contribution >= 4 is 39.0 Å². The summed E-state index contributed by atoms with van der Waals surface area (Å²) in [4.78, 5) is 45.7. The van der Waals surface area contributed by atoms with Gasteiger partial charge in [-0.3, -0.25) is 9.59 Å². The summed E-state index contributed by atoms with van der Waals surface area (Å²) in [5.41, 5.74) is 5.60. The fourth-order valence-electron chi connectivity index (χ4n) is 9.63. The molecule has 3 fully saturated rings. The lowest BCUT2D eigenvalue weighted by Crippen LogP contribution is -2.61. The van der Waals surface area contributed by atoms with Gasteiger partial charge in [0.2, 0.25) is 5.91 Å². The molecule has 1 aromatic heterocycles. The highest BCUT2D eigenvalue weighted by molar-refractivity contribution is 7.87. The van der Waals surface area contributed by atoms with Crippen LogP contribution in [0.15, 0.2) is 66.7 Å². The van der Waals surface area contributed by atoms with Crippen LogP contribution in [-0.4, -0.2) is 91.4 Å². The van der Waals surface area contributed by atoms with Gasteiger partial charge in [0, 0.05) is 73.8 Å². The molecular weight excluding hydrogens is 731 g/mol. The molecule has 4 atom stereocenters. The first kappa shape index (κ1) is 38.0. The smallest absolute Gasteiger partial charge is 0.410 e. The average Bonchev–Trinajstić information content (AvgIpc) is 3.86. The highest BCUT2D eigenvalue weighted by Crippen LogP contribution is 2.66. The van der Waals surface area contributed by atoms with Crippen molar-refractivity contribution in [2.75, 3.05) is 34.3 Å². The van der Waals surface area contributed by atoms with E-state index in [4.69, 9.17) is 9.47 Å². The topological polar surface area (TPSA) is 130 Å². The third kappa shape index (κ3) is 6.62. The fourth-order valence-corrected chi connectivity index (χ4v) is 10.2. The molecule has 296 valence electrons. The maximum atomic E-state index is 15.3. The second-order valence-electron chi connectivity index (χ2n) is 16.4. The Morgan fingerprint density at radius 3 is 2.32 bits per heavy atom. The minimum Gasteiger partial charge on any atom is -0.497 e. The number of hydrogen-bond donors (Lipinski definition) is 1. The summed E-state index contributed by atoms with van der Waals surface area (Å²) >= 11 is 0. The van der Waals surface area contributed by atoms with E-state index in [9.17, 15) is 18.0 Å². The number of amides is 3. The zero-order valence-corrected chi connectivity index (χ0v) is 33.6. The minimum atomic E-state index is -4.02. The van der Waals surface area contributed by atoms with Gasteiger partial charge in [0.05, 0.1) is 18.2 Å². The monoisotopic (exact) mass is 781 g/mol. The standard InChI is InChI=1S/C43H51N5O7S/c1-27-23-46(42(51)55-25-29-12-8-6-9-13-29)24-28(2)48(27)41(50)43-22-36(43)35-21-32(54-5)17-19-33(35)39-38(30-14-10-7-11-15-30)34-18-16-31(20-37(34)47(39)26-43)40(49)44-56(52,53)45(3)4/h6,8-9,12-13,16-21,27-28,30,36H,7,10-11,14-15,22-26H2,1-5H3,(H,44,49)/t27-,28?,36?,43?/m0/s1. The number of hydrogen-bond acceptors (Lipinski definition) is 7. The van der Waals surface area contributed by atoms with Crippen molar-refractivity contribution < 1.29 is 32.3 Å². The van der Waals surface area contributed by atoms with Crippen LogP contribution in [0.5, 0.6) is 5.75 Å². The first-order valence-corrected chi connectivity index (χ1v) is 21.1. The number of nitrogens with one attached hydrogen (secondary N) is 1. The summed E-state index contributed by atoms with van der Waals surface area (Å²) in [5.74, 6) is 0.285. The first-order valence-electron chi connectivity index (χ1n) is 19.7. The fraction of sp³-hybridized carbons (Fsp3) is 0.465. The predicted molar refractivity (Wildman–Crippen MR) is 214 cm³/mol. The number of nitrogens with zero attached hydrogens (tertiary/aromatic N) is 4. The number of methoxy groups -OCH3 is 1. The van der Waals surface area contributed by atoms with Crippen LogP contribution in [0, 0.1) is 5.41 Å². The lowest BCUT2D eigenvalue weighted by Gasteiger charge is -2.45. The molecule has 3 unspecified atom stereocenters. The largest absolute Gasteiger partial charge is 0.497 e. The van der Waals surface area contributed by atoms with Crippen molar-refractivity contribution in [3.05, 3.63) is 89.0 Å². The van der Waals surface area contributed by atoms with Crippen LogP contribution in [0.4, 0.5) is 4.79 Å². The highest BCUT2D eigenvalue weighted by Gasteiger charge is 2.65. The van der Waals surface area contributed by atoms with Gasteiger partial charge in [0.1, 0.15) is 12.4 Å². The molecular formula is C43H51N5O7S. The molecule has 2 aliphatic carbocycles. The number of aromatic nitrogens is 1. The Balaban J connectivity index is 1.19. The van der Waals surface area contributed by atoms with Crippen LogP contribution in [0.1, 0.15) is 91.3 Å². The Morgan fingerprint density at radius 1 is 0.929 bits per heavy atom. The van der Waals surface area contributed by atoms with Crippen molar-refractivity contribution in [3.63, 3.8) is 0 Å². The molecule has 2 saturated carbocycles. The molecule has 0 bridgehead atoms. The van der Waals surface area contributed by atoms with E-state index in [-0.39, 0.29) is 36.1 Å². The van der Waals surface area contributed by atoms with E-state index in [1.54, 1.807) is 24.1 Å². The Hall–Kier alpha value is -4.88. The second kappa shape index (κ2) is 14.6. The minimum absolute atomic E-state index is 0.0495. The molecule has 2 aliphatic heterocycles. The van der Waals surface area contributed by atoms with Crippen molar-refractivity contribution in [2.45, 2.75) is 89.4 Å². The van der Waals surface area contributed by atoms with Gasteiger partial charge >= 0.3 is 16.3 Å². The van der Waals surface area contributed by atoms with Gasteiger partial charge in [-0.25, -0.2) is 9.52 Å². The highest BCUT2D eigenvalue weighted by atomic mass is 32.2. The van der Waals surface area contributed by atoms with Gasteiger partial charge in [0.15, 0.2) is 0 Å². The number of piperazine rings is 1. The molecule has 4 aromatic rings. The molecule has 13 heteroatoms. The molecule has 3 heterocycles. The van der Waals surface area contributed by atoms with Gasteiger partial charge in [-0.15, -0.1) is 0 Å². The maximum absolute atomic E-state index is 15.3. The summed E-state index contributed by atoms with van der Waals surface area (Å²) in [6.07, 6.45) is 5.78. The molecule has 0 spiro atoms. The SMILES string of the molecule is COc1ccc2c(c1)C1CC1(C(=O)N1C(C)CN(C(=O)OCc3ccccc3)C[C@@H]1C)Cn1c-2c(C2CCCCC2)c2ccc(C(=O)NS(=O)(=O)N(C)C)cc21. The number of fused-ring (bicyclic) bond motifs is 7. The Kier molecular flexibility index (Phi) is 9.89. The van der Waals surface area contributed by atoms with Gasteiger partial charge in [0.25, 0.3) is 5.91 Å². The number of ether oxygens (including phenoxy) is 2. The van der Waals surface area contributed by atoms with Crippen LogP contribution in [0.25, 0.3) is 22.2 Å². The zero-order chi connectivity index (χ0) is 39.5. The molecule has 3 aromatic carbocycles. The average molecular weight is 782 g/mol. The van der Waals surface area contributed by atoms with E-state index in [1.165, 1.54) is 26.1 Å². The Labute approximate surface area is 328 Å².